The van der Waals surface area contributed by atoms with Gasteiger partial charge in [0.1, 0.15) is 0 Å². The number of nitrogens with one attached hydrogen (secondary N) is 1. The summed E-state index contributed by atoms with van der Waals surface area (Å²) in [5.74, 6) is 0.790. The Bertz CT molecular complexity index is 572. The van der Waals surface area contributed by atoms with Gasteiger partial charge in [0.15, 0.2) is 0 Å². The van der Waals surface area contributed by atoms with Crippen LogP contribution < -0.4 is 10.2 Å². The highest BCUT2D eigenvalue weighted by molar-refractivity contribution is 5.99. The van der Waals surface area contributed by atoms with E-state index >= 15 is 0 Å². The molecule has 4 nitrogen and oxygen atoms in total. The molecule has 2 heterocycles. The highest BCUT2D eigenvalue weighted by Crippen LogP contribution is 2.52. The summed E-state index contributed by atoms with van der Waals surface area (Å²) in [5, 5.41) is 3.66. The maximum absolute atomic E-state index is 12.7. The molecule has 1 N–H and O–H groups in total. The fraction of sp³-hybridized carbons (Fsp3) is 0.611. The SMILES string of the molecule is CC1(C)[C@H](N[C@@H]2CCN(c3ccccc3)C2=O)[C@@H]2CCO[C@@H]21. The number of benzene rings is 1. The Morgan fingerprint density at radius 3 is 2.77 bits per heavy atom. The first-order chi connectivity index (χ1) is 10.6. The zero-order chi connectivity index (χ0) is 15.3. The standard InChI is InChI=1S/C18H24N2O2/c1-18(2)15(13-9-11-22-16(13)18)19-14-8-10-20(17(14)21)12-6-4-3-5-7-12/h3-7,13-16,19H,8-11H2,1-2H3/t13-,14+,15+,16-/m0/s1. The first-order valence-corrected chi connectivity index (χ1v) is 8.33. The second-order valence-electron chi connectivity index (χ2n) is 7.38. The van der Waals surface area contributed by atoms with Gasteiger partial charge in [-0.1, -0.05) is 32.0 Å². The molecule has 2 aliphatic heterocycles. The predicted octanol–water partition coefficient (Wildman–Crippen LogP) is 2.19. The topological polar surface area (TPSA) is 41.6 Å². The molecule has 2 saturated heterocycles. The normalized spacial score (nSPS) is 36.3. The Morgan fingerprint density at radius 2 is 2.00 bits per heavy atom. The molecule has 0 spiro atoms. The molecule has 1 aromatic rings. The van der Waals surface area contributed by atoms with Gasteiger partial charge in [0.05, 0.1) is 12.1 Å². The van der Waals surface area contributed by atoms with Crippen LogP contribution in [0.2, 0.25) is 0 Å². The predicted molar refractivity (Wildman–Crippen MR) is 85.8 cm³/mol. The van der Waals surface area contributed by atoms with Gasteiger partial charge in [-0.3, -0.25) is 4.79 Å². The molecule has 0 unspecified atom stereocenters. The largest absolute Gasteiger partial charge is 0.377 e. The first-order valence-electron chi connectivity index (χ1n) is 8.33. The van der Waals surface area contributed by atoms with Crippen molar-refractivity contribution in [1.29, 1.82) is 0 Å². The quantitative estimate of drug-likeness (QED) is 0.930. The highest BCUT2D eigenvalue weighted by Gasteiger charge is 2.60. The van der Waals surface area contributed by atoms with Crippen molar-refractivity contribution in [3.05, 3.63) is 30.3 Å². The van der Waals surface area contributed by atoms with Crippen LogP contribution in [-0.2, 0) is 9.53 Å². The zero-order valence-electron chi connectivity index (χ0n) is 13.3. The van der Waals surface area contributed by atoms with Crippen molar-refractivity contribution in [3.8, 4) is 0 Å². The Morgan fingerprint density at radius 1 is 1.23 bits per heavy atom. The summed E-state index contributed by atoms with van der Waals surface area (Å²) in [4.78, 5) is 14.6. The van der Waals surface area contributed by atoms with Crippen LogP contribution in [0.3, 0.4) is 0 Å². The lowest BCUT2D eigenvalue weighted by Crippen LogP contribution is -2.68. The van der Waals surface area contributed by atoms with Crippen LogP contribution in [0.4, 0.5) is 5.69 Å². The minimum Gasteiger partial charge on any atom is -0.377 e. The molecule has 3 aliphatic rings. The molecule has 4 heteroatoms. The lowest BCUT2D eigenvalue weighted by atomic mass is 9.57. The van der Waals surface area contributed by atoms with Gasteiger partial charge >= 0.3 is 0 Å². The maximum Gasteiger partial charge on any atom is 0.244 e. The molecule has 1 aromatic carbocycles. The summed E-state index contributed by atoms with van der Waals surface area (Å²) < 4.78 is 5.84. The van der Waals surface area contributed by atoms with Gasteiger partial charge in [-0.2, -0.15) is 0 Å². The highest BCUT2D eigenvalue weighted by atomic mass is 16.5. The number of carbonyl (C=O) groups excluding carboxylic acids is 1. The monoisotopic (exact) mass is 300 g/mol. The van der Waals surface area contributed by atoms with Crippen molar-refractivity contribution in [1.82, 2.24) is 5.32 Å². The van der Waals surface area contributed by atoms with E-state index in [1.54, 1.807) is 0 Å². The molecule has 1 amide bonds. The Kier molecular flexibility index (Phi) is 3.27. The van der Waals surface area contributed by atoms with Crippen molar-refractivity contribution >= 4 is 11.6 Å². The first kappa shape index (κ1) is 14.2. The van der Waals surface area contributed by atoms with E-state index in [-0.39, 0.29) is 17.4 Å². The van der Waals surface area contributed by atoms with Crippen molar-refractivity contribution < 1.29 is 9.53 Å². The van der Waals surface area contributed by atoms with Crippen LogP contribution in [-0.4, -0.2) is 37.2 Å². The van der Waals surface area contributed by atoms with Crippen LogP contribution in [0.1, 0.15) is 26.7 Å². The fourth-order valence-corrected chi connectivity index (χ4v) is 4.58. The van der Waals surface area contributed by atoms with E-state index in [9.17, 15) is 4.79 Å². The second kappa shape index (κ2) is 5.07. The lowest BCUT2D eigenvalue weighted by Gasteiger charge is -2.55. The van der Waals surface area contributed by atoms with Gasteiger partial charge in [-0.15, -0.1) is 0 Å². The Hall–Kier alpha value is -1.39. The number of rotatable bonds is 3. The fourth-order valence-electron chi connectivity index (χ4n) is 4.58. The molecule has 0 bridgehead atoms. The summed E-state index contributed by atoms with van der Waals surface area (Å²) >= 11 is 0. The minimum absolute atomic E-state index is 0.0500. The molecule has 1 aliphatic carbocycles. The Balaban J connectivity index is 1.46. The van der Waals surface area contributed by atoms with Crippen LogP contribution in [0.5, 0.6) is 0 Å². The van der Waals surface area contributed by atoms with E-state index < -0.39 is 0 Å². The number of hydrogen-bond donors (Lipinski definition) is 1. The molecule has 3 fully saturated rings. The molecular formula is C18H24N2O2. The summed E-state index contributed by atoms with van der Waals surface area (Å²) in [6, 6.07) is 10.3. The molecule has 4 rings (SSSR count). The molecule has 0 aromatic heterocycles. The molecule has 4 atom stereocenters. The smallest absolute Gasteiger partial charge is 0.244 e. The number of amides is 1. The Labute approximate surface area is 131 Å². The van der Waals surface area contributed by atoms with E-state index in [0.717, 1.165) is 31.7 Å². The van der Waals surface area contributed by atoms with Gasteiger partial charge in [-0.25, -0.2) is 0 Å². The third kappa shape index (κ3) is 2.01. The number of para-hydroxylation sites is 1. The van der Waals surface area contributed by atoms with Crippen LogP contribution >= 0.6 is 0 Å². The van der Waals surface area contributed by atoms with E-state index in [2.05, 4.69) is 19.2 Å². The van der Waals surface area contributed by atoms with Crippen molar-refractivity contribution in [2.24, 2.45) is 11.3 Å². The third-order valence-corrected chi connectivity index (χ3v) is 5.75. The zero-order valence-corrected chi connectivity index (χ0v) is 13.3. The van der Waals surface area contributed by atoms with E-state index in [1.807, 2.05) is 35.2 Å². The summed E-state index contributed by atoms with van der Waals surface area (Å²) in [7, 11) is 0. The average molecular weight is 300 g/mol. The van der Waals surface area contributed by atoms with Crippen molar-refractivity contribution in [2.75, 3.05) is 18.1 Å². The van der Waals surface area contributed by atoms with Crippen LogP contribution in [0.15, 0.2) is 30.3 Å². The number of ether oxygens (including phenoxy) is 1. The molecular weight excluding hydrogens is 276 g/mol. The number of anilines is 1. The lowest BCUT2D eigenvalue weighted by molar-refractivity contribution is -0.127. The summed E-state index contributed by atoms with van der Waals surface area (Å²) in [6.45, 7) is 6.18. The third-order valence-electron chi connectivity index (χ3n) is 5.75. The van der Waals surface area contributed by atoms with E-state index in [4.69, 9.17) is 4.74 Å². The molecule has 1 saturated carbocycles. The number of carbonyl (C=O) groups is 1. The molecule has 118 valence electrons. The van der Waals surface area contributed by atoms with Crippen molar-refractivity contribution in [3.63, 3.8) is 0 Å². The van der Waals surface area contributed by atoms with Gasteiger partial charge in [0.2, 0.25) is 5.91 Å². The number of nitrogens with zero attached hydrogens (tertiary/aromatic N) is 1. The maximum atomic E-state index is 12.7. The molecule has 22 heavy (non-hydrogen) atoms. The van der Waals surface area contributed by atoms with Crippen molar-refractivity contribution in [2.45, 2.75) is 44.9 Å². The summed E-state index contributed by atoms with van der Waals surface area (Å²) in [6.07, 6.45) is 2.37. The van der Waals surface area contributed by atoms with Crippen LogP contribution in [0, 0.1) is 11.3 Å². The van der Waals surface area contributed by atoms with E-state index in [0.29, 0.717) is 18.1 Å². The van der Waals surface area contributed by atoms with Gasteiger partial charge in [-0.05, 0) is 25.0 Å². The van der Waals surface area contributed by atoms with Gasteiger partial charge < -0.3 is 15.0 Å². The second-order valence-corrected chi connectivity index (χ2v) is 7.38. The number of fused-ring (bicyclic) bond motifs is 1. The van der Waals surface area contributed by atoms with Gasteiger partial charge in [0.25, 0.3) is 0 Å². The van der Waals surface area contributed by atoms with E-state index in [1.165, 1.54) is 0 Å². The molecule has 0 radical (unpaired) electrons. The van der Waals surface area contributed by atoms with Gasteiger partial charge in [0, 0.05) is 36.2 Å². The average Bonchev–Trinajstić information content (AvgIpc) is 3.11. The number of hydrogen-bond acceptors (Lipinski definition) is 3. The van der Waals surface area contributed by atoms with Crippen LogP contribution in [0.25, 0.3) is 0 Å². The minimum atomic E-state index is -0.0500. The summed E-state index contributed by atoms with van der Waals surface area (Å²) in [5.41, 5.74) is 1.13.